The first-order valence-corrected chi connectivity index (χ1v) is 7.05. The van der Waals surface area contributed by atoms with Crippen molar-refractivity contribution in [2.45, 2.75) is 57.8 Å². The van der Waals surface area contributed by atoms with E-state index >= 15 is 0 Å². The number of ketones is 1. The van der Waals surface area contributed by atoms with Gasteiger partial charge in [0, 0.05) is 17.7 Å². The van der Waals surface area contributed by atoms with Crippen LogP contribution < -0.4 is 0 Å². The second-order valence-corrected chi connectivity index (χ2v) is 5.09. The summed E-state index contributed by atoms with van der Waals surface area (Å²) in [5, 5.41) is 1.13. The van der Waals surface area contributed by atoms with E-state index in [0.717, 1.165) is 24.6 Å². The van der Waals surface area contributed by atoms with Gasteiger partial charge in [-0.1, -0.05) is 41.6 Å². The average Bonchev–Trinajstić information content (AvgIpc) is 2.58. The van der Waals surface area contributed by atoms with Crippen LogP contribution in [0.1, 0.15) is 57.8 Å². The van der Waals surface area contributed by atoms with Crippen LogP contribution in [0.4, 0.5) is 0 Å². The minimum Gasteiger partial charge on any atom is -0.299 e. The molecule has 0 aliphatic heterocycles. The van der Waals surface area contributed by atoms with Crippen molar-refractivity contribution in [2.75, 3.05) is 5.33 Å². The number of Topliss-reactive ketones (excluding diaryl/α,β-unsaturated/α-hetero) is 1. The Morgan fingerprint density at radius 1 is 1.14 bits per heavy atom. The van der Waals surface area contributed by atoms with Gasteiger partial charge in [-0.3, -0.25) is 4.79 Å². The average molecular weight is 261 g/mol. The zero-order chi connectivity index (χ0) is 10.2. The van der Waals surface area contributed by atoms with Crippen LogP contribution in [0.15, 0.2) is 0 Å². The van der Waals surface area contributed by atoms with E-state index in [1.807, 2.05) is 0 Å². The molecule has 1 fully saturated rings. The van der Waals surface area contributed by atoms with Crippen molar-refractivity contribution >= 4 is 21.7 Å². The monoisotopic (exact) mass is 260 g/mol. The van der Waals surface area contributed by atoms with Crippen molar-refractivity contribution in [3.05, 3.63) is 0 Å². The van der Waals surface area contributed by atoms with Crippen molar-refractivity contribution < 1.29 is 4.79 Å². The third-order valence-corrected chi connectivity index (χ3v) is 3.68. The maximum atomic E-state index is 11.3. The number of halogens is 1. The summed E-state index contributed by atoms with van der Waals surface area (Å²) in [5.41, 5.74) is 0. The number of hydrogen-bond donors (Lipinski definition) is 0. The molecule has 1 rings (SSSR count). The van der Waals surface area contributed by atoms with E-state index in [1.165, 1.54) is 38.5 Å². The van der Waals surface area contributed by atoms with Crippen LogP contribution in [0.2, 0.25) is 0 Å². The van der Waals surface area contributed by atoms with Crippen LogP contribution in [0.25, 0.3) is 0 Å². The fourth-order valence-electron chi connectivity index (χ4n) is 2.21. The molecule has 0 saturated heterocycles. The molecule has 1 nitrogen and oxygen atoms in total. The van der Waals surface area contributed by atoms with E-state index in [2.05, 4.69) is 15.9 Å². The summed E-state index contributed by atoms with van der Waals surface area (Å²) in [5.74, 6) is 0.969. The van der Waals surface area contributed by atoms with E-state index in [-0.39, 0.29) is 0 Å². The van der Waals surface area contributed by atoms with Gasteiger partial charge in [-0.2, -0.15) is 0 Å². The molecule has 0 heterocycles. The molecular formula is C12H21BrO. The zero-order valence-electron chi connectivity index (χ0n) is 8.93. The molecule has 0 bridgehead atoms. The van der Waals surface area contributed by atoms with Crippen molar-refractivity contribution in [1.29, 1.82) is 0 Å². The summed E-state index contributed by atoms with van der Waals surface area (Å²) in [6.45, 7) is 0. The Morgan fingerprint density at radius 3 is 2.50 bits per heavy atom. The van der Waals surface area contributed by atoms with Gasteiger partial charge in [0.25, 0.3) is 0 Å². The van der Waals surface area contributed by atoms with E-state index in [0.29, 0.717) is 11.7 Å². The highest BCUT2D eigenvalue weighted by Gasteiger charge is 2.23. The third kappa shape index (κ3) is 4.59. The first-order valence-electron chi connectivity index (χ1n) is 5.93. The van der Waals surface area contributed by atoms with Gasteiger partial charge < -0.3 is 0 Å². The Bertz CT molecular complexity index is 168. The lowest BCUT2D eigenvalue weighted by Crippen LogP contribution is -2.05. The van der Waals surface area contributed by atoms with Crippen LogP contribution >= 0.6 is 15.9 Å². The molecule has 0 aromatic carbocycles. The van der Waals surface area contributed by atoms with Crippen molar-refractivity contribution in [2.24, 2.45) is 5.92 Å². The molecule has 0 aromatic heterocycles. The van der Waals surface area contributed by atoms with Crippen LogP contribution in [0, 0.1) is 5.92 Å². The van der Waals surface area contributed by atoms with E-state index in [1.54, 1.807) is 0 Å². The number of unbranched alkanes of at least 4 members (excludes halogenated alkanes) is 4. The molecule has 1 aliphatic rings. The number of hydrogen-bond acceptors (Lipinski definition) is 1. The molecule has 82 valence electrons. The van der Waals surface area contributed by atoms with Gasteiger partial charge in [-0.15, -0.1) is 0 Å². The lowest BCUT2D eigenvalue weighted by molar-refractivity contribution is -0.120. The van der Waals surface area contributed by atoms with Crippen molar-refractivity contribution in [3.63, 3.8) is 0 Å². The molecule has 14 heavy (non-hydrogen) atoms. The first-order chi connectivity index (χ1) is 6.84. The maximum absolute atomic E-state index is 11.3. The molecule has 1 aliphatic carbocycles. The smallest absolute Gasteiger partial charge is 0.135 e. The van der Waals surface area contributed by atoms with Gasteiger partial charge in [0.2, 0.25) is 0 Å². The number of alkyl halides is 1. The predicted octanol–water partition coefficient (Wildman–Crippen LogP) is 4.09. The number of carbonyl (C=O) groups excluding carboxylic acids is 1. The molecule has 1 unspecified atom stereocenters. The fraction of sp³-hybridized carbons (Fsp3) is 0.917. The molecule has 0 amide bonds. The predicted molar refractivity (Wildman–Crippen MR) is 63.8 cm³/mol. The lowest BCUT2D eigenvalue weighted by Gasteiger charge is -2.06. The Kier molecular flexibility index (Phi) is 6.50. The Hall–Kier alpha value is 0.150. The normalized spacial score (nSPS) is 21.8. The summed E-state index contributed by atoms with van der Waals surface area (Å²) in [6, 6.07) is 0. The number of rotatable bonds is 7. The minimum atomic E-state index is 0.436. The third-order valence-electron chi connectivity index (χ3n) is 3.12. The lowest BCUT2D eigenvalue weighted by atomic mass is 9.98. The molecule has 0 spiro atoms. The summed E-state index contributed by atoms with van der Waals surface area (Å²) in [6.07, 6.45) is 10.9. The van der Waals surface area contributed by atoms with E-state index in [9.17, 15) is 4.79 Å². The molecule has 0 radical (unpaired) electrons. The largest absolute Gasteiger partial charge is 0.299 e. The molecule has 0 N–H and O–H groups in total. The van der Waals surface area contributed by atoms with Crippen LogP contribution in [0.3, 0.4) is 0 Å². The molecule has 2 heteroatoms. The quantitative estimate of drug-likeness (QED) is 0.498. The zero-order valence-corrected chi connectivity index (χ0v) is 10.5. The van der Waals surface area contributed by atoms with E-state index in [4.69, 9.17) is 0 Å². The minimum absolute atomic E-state index is 0.436. The van der Waals surface area contributed by atoms with Crippen molar-refractivity contribution in [1.82, 2.24) is 0 Å². The summed E-state index contributed by atoms with van der Waals surface area (Å²) in [4.78, 5) is 11.3. The summed E-state index contributed by atoms with van der Waals surface area (Å²) in [7, 11) is 0. The molecule has 1 saturated carbocycles. The van der Waals surface area contributed by atoms with Gasteiger partial charge in [0.1, 0.15) is 5.78 Å². The second-order valence-electron chi connectivity index (χ2n) is 4.30. The van der Waals surface area contributed by atoms with Crippen LogP contribution in [0.5, 0.6) is 0 Å². The Balaban J connectivity index is 1.90. The van der Waals surface area contributed by atoms with Gasteiger partial charge >= 0.3 is 0 Å². The maximum Gasteiger partial charge on any atom is 0.135 e. The van der Waals surface area contributed by atoms with E-state index < -0.39 is 0 Å². The van der Waals surface area contributed by atoms with Gasteiger partial charge in [-0.25, -0.2) is 0 Å². The van der Waals surface area contributed by atoms with Crippen molar-refractivity contribution in [3.8, 4) is 0 Å². The van der Waals surface area contributed by atoms with Gasteiger partial charge in [0.15, 0.2) is 0 Å². The van der Waals surface area contributed by atoms with Crippen LogP contribution in [-0.4, -0.2) is 11.1 Å². The van der Waals surface area contributed by atoms with Crippen LogP contribution in [-0.2, 0) is 4.79 Å². The number of carbonyl (C=O) groups is 1. The summed E-state index contributed by atoms with van der Waals surface area (Å²) >= 11 is 3.44. The Labute approximate surface area is 95.8 Å². The SMILES string of the molecule is O=C1CCCC1CCCCCCCBr. The van der Waals surface area contributed by atoms with Gasteiger partial charge in [-0.05, 0) is 25.7 Å². The molecular weight excluding hydrogens is 240 g/mol. The second kappa shape index (κ2) is 7.44. The first kappa shape index (κ1) is 12.2. The standard InChI is InChI=1S/C12H21BrO/c13-10-5-3-1-2-4-7-11-8-6-9-12(11)14/h11H,1-10H2. The summed E-state index contributed by atoms with van der Waals surface area (Å²) < 4.78 is 0. The van der Waals surface area contributed by atoms with Gasteiger partial charge in [0.05, 0.1) is 0 Å². The highest BCUT2D eigenvalue weighted by atomic mass is 79.9. The highest BCUT2D eigenvalue weighted by molar-refractivity contribution is 9.09. The highest BCUT2D eigenvalue weighted by Crippen LogP contribution is 2.26. The molecule has 0 aromatic rings. The topological polar surface area (TPSA) is 17.1 Å². The fourth-order valence-corrected chi connectivity index (χ4v) is 2.61. The molecule has 1 atom stereocenters. The Morgan fingerprint density at radius 2 is 1.86 bits per heavy atom.